The second-order valence-corrected chi connectivity index (χ2v) is 7.90. The van der Waals surface area contributed by atoms with E-state index in [0.717, 1.165) is 37.1 Å². The molecule has 5 rings (SSSR count). The van der Waals surface area contributed by atoms with Crippen molar-refractivity contribution in [2.45, 2.75) is 32.9 Å². The van der Waals surface area contributed by atoms with Crippen molar-refractivity contribution in [3.63, 3.8) is 0 Å². The number of para-hydroxylation sites is 1. The summed E-state index contributed by atoms with van der Waals surface area (Å²) in [5, 5.41) is 3.78. The largest absolute Gasteiger partial charge is 1.00 e. The number of fused-ring (bicyclic) bond motifs is 2. The van der Waals surface area contributed by atoms with Gasteiger partial charge < -0.3 is 12.4 Å². The number of pyridine rings is 1. The molecule has 0 saturated carbocycles. The Hall–Kier alpha value is -3.17. The fourth-order valence-corrected chi connectivity index (χ4v) is 4.20. The van der Waals surface area contributed by atoms with E-state index in [1.807, 2.05) is 0 Å². The van der Waals surface area contributed by atoms with E-state index in [0.29, 0.717) is 0 Å². The van der Waals surface area contributed by atoms with Crippen LogP contribution in [0.25, 0.3) is 21.7 Å². The molecule has 0 atom stereocenters. The highest BCUT2D eigenvalue weighted by Crippen LogP contribution is 2.16. The van der Waals surface area contributed by atoms with E-state index in [4.69, 9.17) is 4.98 Å². The Kier molecular flexibility index (Phi) is 6.34. The highest BCUT2D eigenvalue weighted by atomic mass is 35.5. The summed E-state index contributed by atoms with van der Waals surface area (Å²) in [7, 11) is 0. The third-order valence-corrected chi connectivity index (χ3v) is 5.72. The van der Waals surface area contributed by atoms with Gasteiger partial charge >= 0.3 is 0 Å². The first kappa shape index (κ1) is 21.1. The second-order valence-electron chi connectivity index (χ2n) is 7.90. The number of benzene rings is 3. The van der Waals surface area contributed by atoms with E-state index >= 15 is 0 Å². The number of imidazole rings is 1. The van der Waals surface area contributed by atoms with Gasteiger partial charge in [-0.1, -0.05) is 67.6 Å². The number of rotatable bonds is 6. The van der Waals surface area contributed by atoms with Gasteiger partial charge in [0.2, 0.25) is 0 Å². The molecule has 3 nitrogen and oxygen atoms in total. The van der Waals surface area contributed by atoms with Crippen LogP contribution in [0.5, 0.6) is 0 Å². The van der Waals surface area contributed by atoms with E-state index in [-0.39, 0.29) is 12.4 Å². The summed E-state index contributed by atoms with van der Waals surface area (Å²) < 4.78 is 4.73. The van der Waals surface area contributed by atoms with Crippen LogP contribution in [-0.4, -0.2) is 9.55 Å². The molecule has 3 aromatic carbocycles. The molecular weight excluding hydrogens is 402 g/mol. The molecule has 0 saturated heterocycles. The van der Waals surface area contributed by atoms with Gasteiger partial charge in [0.1, 0.15) is 25.5 Å². The molecule has 0 unspecified atom stereocenters. The summed E-state index contributed by atoms with van der Waals surface area (Å²) in [5.74, 6) is 1.35. The zero-order chi connectivity index (χ0) is 20.3. The first-order valence-electron chi connectivity index (χ1n) is 10.7. The van der Waals surface area contributed by atoms with E-state index in [1.54, 1.807) is 0 Å². The molecule has 5 aromatic rings. The van der Waals surface area contributed by atoms with Gasteiger partial charge in [0.05, 0.1) is 11.2 Å². The van der Waals surface area contributed by atoms with Gasteiger partial charge in [-0.3, -0.25) is 0 Å². The maximum atomic E-state index is 4.87. The summed E-state index contributed by atoms with van der Waals surface area (Å²) in [6.07, 6.45) is 6.57. The fourth-order valence-electron chi connectivity index (χ4n) is 4.20. The monoisotopic (exact) mass is 427 g/mol. The van der Waals surface area contributed by atoms with Crippen molar-refractivity contribution in [2.75, 3.05) is 0 Å². The van der Waals surface area contributed by atoms with Gasteiger partial charge in [-0.15, -0.1) is 0 Å². The zero-order valence-corrected chi connectivity index (χ0v) is 18.5. The Morgan fingerprint density at radius 2 is 1.58 bits per heavy atom. The third kappa shape index (κ3) is 4.47. The molecule has 0 aliphatic carbocycles. The Labute approximate surface area is 189 Å². The lowest BCUT2D eigenvalue weighted by Gasteiger charge is -2.07. The van der Waals surface area contributed by atoms with Gasteiger partial charge in [-0.2, -0.15) is 0 Å². The lowest BCUT2D eigenvalue weighted by Crippen LogP contribution is -3.00. The summed E-state index contributed by atoms with van der Waals surface area (Å²) in [5.41, 5.74) is 3.49. The number of hydrogen-bond donors (Lipinski definition) is 0. The van der Waals surface area contributed by atoms with E-state index in [1.165, 1.54) is 27.5 Å². The second kappa shape index (κ2) is 9.32. The smallest absolute Gasteiger partial charge is 0.257 e. The van der Waals surface area contributed by atoms with Crippen LogP contribution in [0.15, 0.2) is 91.3 Å². The molecule has 0 amide bonds. The summed E-state index contributed by atoms with van der Waals surface area (Å²) >= 11 is 0. The topological polar surface area (TPSA) is 21.7 Å². The first-order chi connectivity index (χ1) is 14.8. The highest BCUT2D eigenvalue weighted by Gasteiger charge is 2.17. The molecule has 2 heterocycles. The van der Waals surface area contributed by atoms with Gasteiger partial charge in [-0.25, -0.2) is 14.1 Å². The van der Waals surface area contributed by atoms with Crippen molar-refractivity contribution >= 4 is 21.7 Å². The minimum Gasteiger partial charge on any atom is -1.00 e. The predicted octanol–water partition coefficient (Wildman–Crippen LogP) is 2.53. The number of aromatic nitrogens is 3. The third-order valence-electron chi connectivity index (χ3n) is 5.72. The molecule has 31 heavy (non-hydrogen) atoms. The van der Waals surface area contributed by atoms with Gasteiger partial charge in [0.15, 0.2) is 0 Å². The quantitative estimate of drug-likeness (QED) is 0.382. The number of hydrogen-bond acceptors (Lipinski definition) is 1. The Balaban J connectivity index is 0.00000231. The van der Waals surface area contributed by atoms with Crippen LogP contribution >= 0.6 is 0 Å². The lowest BCUT2D eigenvalue weighted by molar-refractivity contribution is -0.695. The first-order valence-corrected chi connectivity index (χ1v) is 10.7. The van der Waals surface area contributed by atoms with E-state index in [2.05, 4.69) is 107 Å². The standard InChI is InChI=1S/C27H26N3.ClH/c1-2-7-27-29(19-21-12-13-22-8-3-4-10-24(22)18-21)16-17-30(27)20-25-15-14-23-9-5-6-11-26(23)28-25;/h3-6,8-18H,2,7,19-20H2,1H3;1H/q+1;/p-1. The van der Waals surface area contributed by atoms with Gasteiger partial charge in [0.25, 0.3) is 5.82 Å². The molecule has 0 aliphatic heterocycles. The van der Waals surface area contributed by atoms with Crippen molar-refractivity contribution < 1.29 is 17.0 Å². The minimum atomic E-state index is 0. The van der Waals surface area contributed by atoms with Crippen LogP contribution in [0.4, 0.5) is 0 Å². The van der Waals surface area contributed by atoms with Crippen LogP contribution in [0.2, 0.25) is 0 Å². The fraction of sp³-hybridized carbons (Fsp3) is 0.185. The van der Waals surface area contributed by atoms with E-state index < -0.39 is 0 Å². The maximum absolute atomic E-state index is 4.87. The molecule has 0 N–H and O–H groups in total. The van der Waals surface area contributed by atoms with Crippen LogP contribution in [0.3, 0.4) is 0 Å². The SMILES string of the molecule is CCCc1n(Cc2ccc3ccccc3n2)cc[n+]1Cc1ccc2ccccc2c1.[Cl-]. The van der Waals surface area contributed by atoms with Crippen molar-refractivity contribution in [1.29, 1.82) is 0 Å². The van der Waals surface area contributed by atoms with Crippen LogP contribution in [0, 0.1) is 0 Å². The summed E-state index contributed by atoms with van der Waals surface area (Å²) in [6, 6.07) is 28.0. The molecule has 156 valence electrons. The van der Waals surface area contributed by atoms with Crippen molar-refractivity contribution in [3.8, 4) is 0 Å². The average molecular weight is 428 g/mol. The molecule has 0 radical (unpaired) electrons. The summed E-state index contributed by atoms with van der Waals surface area (Å²) in [4.78, 5) is 4.87. The van der Waals surface area contributed by atoms with Crippen LogP contribution in [-0.2, 0) is 19.5 Å². The lowest BCUT2D eigenvalue weighted by atomic mass is 10.1. The summed E-state index contributed by atoms with van der Waals surface area (Å²) in [6.45, 7) is 3.93. The number of nitrogens with zero attached hydrogens (tertiary/aromatic N) is 3. The molecule has 0 fully saturated rings. The van der Waals surface area contributed by atoms with Crippen LogP contribution < -0.4 is 17.0 Å². The highest BCUT2D eigenvalue weighted by molar-refractivity contribution is 5.83. The van der Waals surface area contributed by atoms with Crippen LogP contribution in [0.1, 0.15) is 30.4 Å². The Morgan fingerprint density at radius 1 is 0.839 bits per heavy atom. The zero-order valence-electron chi connectivity index (χ0n) is 17.7. The molecule has 0 spiro atoms. The molecule has 0 aliphatic rings. The van der Waals surface area contributed by atoms with Crippen molar-refractivity contribution in [3.05, 3.63) is 108 Å². The minimum absolute atomic E-state index is 0. The van der Waals surface area contributed by atoms with Crippen molar-refractivity contribution in [2.24, 2.45) is 0 Å². The maximum Gasteiger partial charge on any atom is 0.257 e. The Morgan fingerprint density at radius 3 is 2.42 bits per heavy atom. The molecule has 0 bridgehead atoms. The van der Waals surface area contributed by atoms with Gasteiger partial charge in [0, 0.05) is 11.8 Å². The van der Waals surface area contributed by atoms with Gasteiger partial charge in [-0.05, 0) is 41.0 Å². The number of halogens is 1. The molecule has 2 aromatic heterocycles. The predicted molar refractivity (Wildman–Crippen MR) is 123 cm³/mol. The Bertz CT molecular complexity index is 1220. The average Bonchev–Trinajstić information content (AvgIpc) is 3.15. The van der Waals surface area contributed by atoms with Crippen molar-refractivity contribution in [1.82, 2.24) is 9.55 Å². The van der Waals surface area contributed by atoms with E-state index in [9.17, 15) is 0 Å². The normalized spacial score (nSPS) is 11.0. The molecular formula is C27H26ClN3. The molecule has 4 heteroatoms.